The molecule has 1 saturated heterocycles. The molecule has 0 N–H and O–H groups in total. The zero-order valence-corrected chi connectivity index (χ0v) is 19.8. The van der Waals surface area contributed by atoms with Crippen molar-refractivity contribution in [2.75, 3.05) is 12.0 Å². The molecule has 1 aliphatic carbocycles. The van der Waals surface area contributed by atoms with Gasteiger partial charge in [-0.3, -0.25) is 4.79 Å². The smallest absolute Gasteiger partial charge is 0.339 e. The molecule has 2 aromatic carbocycles. The fourth-order valence-corrected chi connectivity index (χ4v) is 4.97. The van der Waals surface area contributed by atoms with Crippen molar-refractivity contribution in [3.8, 4) is 11.4 Å². The molecule has 0 bridgehead atoms. The Bertz CT molecular complexity index is 1270. The minimum Gasteiger partial charge on any atom is -0.465 e. The number of carbonyl (C=O) groups excluding carboxylic acids is 3. The van der Waals surface area contributed by atoms with Gasteiger partial charge in [-0.15, -0.1) is 0 Å². The van der Waals surface area contributed by atoms with Crippen LogP contribution in [0.1, 0.15) is 41.9 Å². The number of hydrogen-bond acceptors (Lipinski definition) is 7. The number of para-hydroxylation sites is 1. The molecule has 3 amide bonds. The quantitative estimate of drug-likeness (QED) is 0.473. The molecule has 1 saturated carbocycles. The van der Waals surface area contributed by atoms with E-state index in [0.29, 0.717) is 23.7 Å². The van der Waals surface area contributed by atoms with Gasteiger partial charge in [-0.2, -0.15) is 4.98 Å². The van der Waals surface area contributed by atoms with E-state index < -0.39 is 12.0 Å². The number of rotatable bonds is 5. The van der Waals surface area contributed by atoms with Crippen molar-refractivity contribution in [2.45, 2.75) is 38.3 Å². The Hall–Kier alpha value is -3.72. The number of hydrogen-bond donors (Lipinski definition) is 0. The molecular formula is C25H23ClN4O5. The lowest BCUT2D eigenvalue weighted by atomic mass is 9.81. The number of halogens is 1. The SMILES string of the molecule is COC(=O)c1ccccc1N1C(=O)C2CCCCC2N(Cc2nc(-c3ccc(Cl)cc3)no2)C1=O. The van der Waals surface area contributed by atoms with E-state index in [1.165, 1.54) is 13.2 Å². The number of methoxy groups -OCH3 is 1. The van der Waals surface area contributed by atoms with E-state index in [0.717, 1.165) is 23.3 Å². The van der Waals surface area contributed by atoms with Gasteiger partial charge in [0.1, 0.15) is 6.54 Å². The summed E-state index contributed by atoms with van der Waals surface area (Å²) in [5.74, 6) is -0.679. The second kappa shape index (κ2) is 9.50. The van der Waals surface area contributed by atoms with Gasteiger partial charge < -0.3 is 14.2 Å². The number of amides is 3. The minimum absolute atomic E-state index is 0.0464. The van der Waals surface area contributed by atoms with Crippen LogP contribution in [0.5, 0.6) is 0 Å². The predicted octanol–water partition coefficient (Wildman–Crippen LogP) is 4.70. The molecule has 0 spiro atoms. The maximum absolute atomic E-state index is 13.7. The van der Waals surface area contributed by atoms with Crippen molar-refractivity contribution in [1.29, 1.82) is 0 Å². The largest absolute Gasteiger partial charge is 0.465 e. The van der Waals surface area contributed by atoms with Gasteiger partial charge >= 0.3 is 12.0 Å². The number of anilines is 1. The van der Waals surface area contributed by atoms with Crippen LogP contribution in [0.4, 0.5) is 10.5 Å². The summed E-state index contributed by atoms with van der Waals surface area (Å²) in [6.07, 6.45) is 3.16. The van der Waals surface area contributed by atoms with Crippen LogP contribution in [-0.2, 0) is 16.1 Å². The molecule has 2 heterocycles. The van der Waals surface area contributed by atoms with Crippen molar-refractivity contribution < 1.29 is 23.6 Å². The summed E-state index contributed by atoms with van der Waals surface area (Å²) in [4.78, 5) is 46.8. The number of fused-ring (bicyclic) bond motifs is 1. The summed E-state index contributed by atoms with van der Waals surface area (Å²) >= 11 is 5.96. The van der Waals surface area contributed by atoms with E-state index >= 15 is 0 Å². The molecule has 180 valence electrons. The molecule has 2 atom stereocenters. The normalized spacial score (nSPS) is 20.1. The first-order chi connectivity index (χ1) is 17.0. The maximum atomic E-state index is 13.7. The molecule has 2 unspecified atom stereocenters. The highest BCUT2D eigenvalue weighted by molar-refractivity contribution is 6.30. The fraction of sp³-hybridized carbons (Fsp3) is 0.320. The lowest BCUT2D eigenvalue weighted by molar-refractivity contribution is -0.127. The lowest BCUT2D eigenvalue weighted by Gasteiger charge is -2.46. The average Bonchev–Trinajstić information content (AvgIpc) is 3.35. The molecule has 35 heavy (non-hydrogen) atoms. The maximum Gasteiger partial charge on any atom is 0.339 e. The molecule has 0 radical (unpaired) electrons. The van der Waals surface area contributed by atoms with Gasteiger partial charge in [0.05, 0.1) is 24.3 Å². The van der Waals surface area contributed by atoms with Gasteiger partial charge in [0, 0.05) is 16.6 Å². The van der Waals surface area contributed by atoms with Gasteiger partial charge in [0.15, 0.2) is 0 Å². The first kappa shape index (κ1) is 23.0. The standard InChI is InChI=1S/C25H23ClN4O5/c1-34-24(32)18-7-3-5-9-20(18)30-23(31)17-6-2-4-8-19(17)29(25(30)33)14-21-27-22(28-35-21)15-10-12-16(26)13-11-15/h3,5,7,9-13,17,19H,2,4,6,8,14H2,1H3. The van der Waals surface area contributed by atoms with Crippen molar-refractivity contribution in [2.24, 2.45) is 5.92 Å². The number of carbonyl (C=O) groups is 3. The number of aromatic nitrogens is 2. The van der Waals surface area contributed by atoms with Crippen LogP contribution in [0.15, 0.2) is 53.1 Å². The van der Waals surface area contributed by atoms with E-state index in [4.69, 9.17) is 20.9 Å². The summed E-state index contributed by atoms with van der Waals surface area (Å²) in [5.41, 5.74) is 1.08. The number of ether oxygens (including phenoxy) is 1. The van der Waals surface area contributed by atoms with Crippen molar-refractivity contribution in [3.05, 3.63) is 65.0 Å². The summed E-state index contributed by atoms with van der Waals surface area (Å²) < 4.78 is 10.3. The zero-order chi connectivity index (χ0) is 24.5. The zero-order valence-electron chi connectivity index (χ0n) is 19.0. The Labute approximate surface area is 206 Å². The van der Waals surface area contributed by atoms with Crippen LogP contribution in [0.3, 0.4) is 0 Å². The Balaban J connectivity index is 1.49. The Morgan fingerprint density at radius 1 is 1.11 bits per heavy atom. The highest BCUT2D eigenvalue weighted by atomic mass is 35.5. The lowest BCUT2D eigenvalue weighted by Crippen LogP contribution is -2.62. The molecular weight excluding hydrogens is 472 g/mol. The molecule has 5 rings (SSSR count). The third-order valence-corrected chi connectivity index (χ3v) is 6.78. The van der Waals surface area contributed by atoms with E-state index in [1.807, 2.05) is 0 Å². The number of esters is 1. The Kier molecular flexibility index (Phi) is 6.25. The van der Waals surface area contributed by atoms with Gasteiger partial charge in [-0.1, -0.05) is 41.7 Å². The number of urea groups is 1. The highest BCUT2D eigenvalue weighted by Crippen LogP contribution is 2.38. The third-order valence-electron chi connectivity index (χ3n) is 6.53. The third kappa shape index (κ3) is 4.27. The van der Waals surface area contributed by atoms with Crippen LogP contribution in [0.25, 0.3) is 11.4 Å². The minimum atomic E-state index is -0.622. The first-order valence-electron chi connectivity index (χ1n) is 11.4. The Morgan fingerprint density at radius 2 is 1.86 bits per heavy atom. The monoisotopic (exact) mass is 494 g/mol. The van der Waals surface area contributed by atoms with Crippen molar-refractivity contribution in [3.63, 3.8) is 0 Å². The molecule has 1 aliphatic heterocycles. The topological polar surface area (TPSA) is 106 Å². The molecule has 2 fully saturated rings. The van der Waals surface area contributed by atoms with Crippen LogP contribution in [0.2, 0.25) is 5.02 Å². The Morgan fingerprint density at radius 3 is 2.63 bits per heavy atom. The van der Waals surface area contributed by atoms with Crippen LogP contribution in [-0.4, -0.2) is 46.1 Å². The summed E-state index contributed by atoms with van der Waals surface area (Å²) in [6, 6.07) is 12.7. The number of nitrogens with zero attached hydrogens (tertiary/aromatic N) is 4. The summed E-state index contributed by atoms with van der Waals surface area (Å²) in [6.45, 7) is 0.0464. The van der Waals surface area contributed by atoms with E-state index in [-0.39, 0.29) is 41.6 Å². The van der Waals surface area contributed by atoms with Crippen molar-refractivity contribution in [1.82, 2.24) is 15.0 Å². The van der Waals surface area contributed by atoms with Gasteiger partial charge in [-0.25, -0.2) is 14.5 Å². The second-order valence-electron chi connectivity index (χ2n) is 8.57. The van der Waals surface area contributed by atoms with E-state index in [2.05, 4.69) is 10.1 Å². The molecule has 1 aromatic heterocycles. The average molecular weight is 495 g/mol. The summed E-state index contributed by atoms with van der Waals surface area (Å²) in [5, 5.41) is 4.64. The van der Waals surface area contributed by atoms with E-state index in [1.54, 1.807) is 47.4 Å². The predicted molar refractivity (Wildman–Crippen MR) is 127 cm³/mol. The number of benzene rings is 2. The fourth-order valence-electron chi connectivity index (χ4n) is 4.84. The number of imide groups is 1. The summed E-state index contributed by atoms with van der Waals surface area (Å²) in [7, 11) is 1.26. The molecule has 2 aliphatic rings. The first-order valence-corrected chi connectivity index (χ1v) is 11.8. The van der Waals surface area contributed by atoms with E-state index in [9.17, 15) is 14.4 Å². The second-order valence-corrected chi connectivity index (χ2v) is 9.01. The molecule has 9 nitrogen and oxygen atoms in total. The highest BCUT2D eigenvalue weighted by Gasteiger charge is 2.48. The molecule has 3 aromatic rings. The van der Waals surface area contributed by atoms with Crippen molar-refractivity contribution >= 4 is 35.2 Å². The van der Waals surface area contributed by atoms with Crippen LogP contribution >= 0.6 is 11.6 Å². The van der Waals surface area contributed by atoms with Gasteiger partial charge in [0.25, 0.3) is 0 Å². The van der Waals surface area contributed by atoms with Crippen LogP contribution < -0.4 is 4.90 Å². The van der Waals surface area contributed by atoms with Gasteiger partial charge in [0.2, 0.25) is 17.6 Å². The van der Waals surface area contributed by atoms with Crippen LogP contribution in [0, 0.1) is 5.92 Å². The van der Waals surface area contributed by atoms with Gasteiger partial charge in [-0.05, 0) is 49.2 Å². The molecule has 10 heteroatoms.